The Kier molecular flexibility index (Phi) is 6.76. The second-order valence-corrected chi connectivity index (χ2v) is 6.33. The van der Waals surface area contributed by atoms with Crippen LogP contribution in [0.3, 0.4) is 0 Å². The van der Waals surface area contributed by atoms with Gasteiger partial charge in [-0.05, 0) is 26.0 Å². The molecule has 0 aromatic heterocycles. The van der Waals surface area contributed by atoms with Crippen LogP contribution in [-0.4, -0.2) is 28.8 Å². The molecule has 0 fully saturated rings. The predicted octanol–water partition coefficient (Wildman–Crippen LogP) is 3.23. The van der Waals surface area contributed by atoms with E-state index in [0.717, 1.165) is 6.42 Å². The van der Waals surface area contributed by atoms with E-state index in [2.05, 4.69) is 43.4 Å². The van der Waals surface area contributed by atoms with Crippen molar-refractivity contribution in [1.82, 2.24) is 5.32 Å². The Bertz CT molecular complexity index is 329. The third kappa shape index (κ3) is 4.30. The highest BCUT2D eigenvalue weighted by Crippen LogP contribution is 2.32. The van der Waals surface area contributed by atoms with Crippen LogP contribution in [0, 0.1) is 0 Å². The molecule has 2 nitrogen and oxygen atoms in total. The molecule has 0 bridgehead atoms. The van der Waals surface area contributed by atoms with Crippen LogP contribution in [-0.2, 0) is 0 Å². The third-order valence-electron chi connectivity index (χ3n) is 3.31. The molecule has 0 aliphatic rings. The summed E-state index contributed by atoms with van der Waals surface area (Å²) < 4.78 is 0. The van der Waals surface area contributed by atoms with E-state index in [1.54, 1.807) is 0 Å². The maximum atomic E-state index is 9.65. The van der Waals surface area contributed by atoms with Crippen LogP contribution in [0.25, 0.3) is 0 Å². The topological polar surface area (TPSA) is 32.3 Å². The molecule has 0 aliphatic heterocycles. The standard InChI is InChI=1S/C15H25NOS/c1-5-14(18-12(3)11(2)17)15(16-4)13-9-7-6-8-10-13/h6-12,14-17H,5H2,1-4H3. The minimum Gasteiger partial charge on any atom is -0.392 e. The summed E-state index contributed by atoms with van der Waals surface area (Å²) in [7, 11) is 2.01. The quantitative estimate of drug-likeness (QED) is 0.795. The van der Waals surface area contributed by atoms with Gasteiger partial charge in [0.05, 0.1) is 6.10 Å². The van der Waals surface area contributed by atoms with Crippen molar-refractivity contribution < 1.29 is 5.11 Å². The molecule has 0 amide bonds. The summed E-state index contributed by atoms with van der Waals surface area (Å²) in [5, 5.41) is 13.8. The lowest BCUT2D eigenvalue weighted by Crippen LogP contribution is -2.30. The van der Waals surface area contributed by atoms with Gasteiger partial charge >= 0.3 is 0 Å². The van der Waals surface area contributed by atoms with Gasteiger partial charge in [-0.2, -0.15) is 11.8 Å². The fourth-order valence-electron chi connectivity index (χ4n) is 2.03. The van der Waals surface area contributed by atoms with Crippen molar-refractivity contribution in [3.63, 3.8) is 0 Å². The summed E-state index contributed by atoms with van der Waals surface area (Å²) in [6, 6.07) is 10.9. The van der Waals surface area contributed by atoms with E-state index in [1.807, 2.05) is 31.8 Å². The van der Waals surface area contributed by atoms with Crippen molar-refractivity contribution in [3.05, 3.63) is 35.9 Å². The van der Waals surface area contributed by atoms with Gasteiger partial charge in [-0.15, -0.1) is 0 Å². The fraction of sp³-hybridized carbons (Fsp3) is 0.600. The van der Waals surface area contributed by atoms with Crippen LogP contribution in [0.4, 0.5) is 0 Å². The zero-order valence-corrected chi connectivity index (χ0v) is 12.6. The maximum Gasteiger partial charge on any atom is 0.0628 e. The first kappa shape index (κ1) is 15.5. The molecule has 0 radical (unpaired) electrons. The molecular weight excluding hydrogens is 242 g/mol. The van der Waals surface area contributed by atoms with Gasteiger partial charge in [-0.25, -0.2) is 0 Å². The van der Waals surface area contributed by atoms with Crippen molar-refractivity contribution in [2.45, 2.75) is 49.8 Å². The SMILES string of the molecule is CCC(SC(C)C(C)O)C(NC)c1ccccc1. The maximum absolute atomic E-state index is 9.65. The summed E-state index contributed by atoms with van der Waals surface area (Å²) >= 11 is 1.87. The Morgan fingerprint density at radius 3 is 2.28 bits per heavy atom. The van der Waals surface area contributed by atoms with Crippen LogP contribution in [0.1, 0.15) is 38.8 Å². The molecule has 18 heavy (non-hydrogen) atoms. The first-order valence-corrected chi connectivity index (χ1v) is 7.60. The van der Waals surface area contributed by atoms with Crippen molar-refractivity contribution in [2.24, 2.45) is 0 Å². The Balaban J connectivity index is 2.78. The highest BCUT2D eigenvalue weighted by atomic mass is 32.2. The third-order valence-corrected chi connectivity index (χ3v) is 5.09. The molecule has 0 aliphatic carbocycles. The second-order valence-electron chi connectivity index (χ2n) is 4.71. The number of nitrogens with one attached hydrogen (secondary N) is 1. The van der Waals surface area contributed by atoms with E-state index in [9.17, 15) is 5.11 Å². The summed E-state index contributed by atoms with van der Waals surface area (Å²) in [6.45, 7) is 6.16. The predicted molar refractivity (Wildman–Crippen MR) is 81.1 cm³/mol. The molecule has 4 atom stereocenters. The Hall–Kier alpha value is -0.510. The smallest absolute Gasteiger partial charge is 0.0628 e. The second kappa shape index (κ2) is 7.82. The molecular formula is C15H25NOS. The Morgan fingerprint density at radius 1 is 1.22 bits per heavy atom. The lowest BCUT2D eigenvalue weighted by molar-refractivity contribution is 0.196. The molecule has 1 aromatic carbocycles. The van der Waals surface area contributed by atoms with Gasteiger partial charge in [0.25, 0.3) is 0 Å². The molecule has 1 rings (SSSR count). The highest BCUT2D eigenvalue weighted by Gasteiger charge is 2.24. The molecule has 0 heterocycles. The Labute approximate surface area is 115 Å². The number of benzene rings is 1. The monoisotopic (exact) mass is 267 g/mol. The van der Waals surface area contributed by atoms with Gasteiger partial charge in [0.1, 0.15) is 0 Å². The average molecular weight is 267 g/mol. The van der Waals surface area contributed by atoms with Crippen LogP contribution < -0.4 is 5.32 Å². The van der Waals surface area contributed by atoms with Crippen molar-refractivity contribution >= 4 is 11.8 Å². The van der Waals surface area contributed by atoms with E-state index >= 15 is 0 Å². The van der Waals surface area contributed by atoms with Crippen LogP contribution in [0.15, 0.2) is 30.3 Å². The lowest BCUT2D eigenvalue weighted by Gasteiger charge is -2.29. The van der Waals surface area contributed by atoms with Gasteiger partial charge < -0.3 is 10.4 Å². The molecule has 1 aromatic rings. The number of hydrogen-bond donors (Lipinski definition) is 2. The van der Waals surface area contributed by atoms with Crippen molar-refractivity contribution in [1.29, 1.82) is 0 Å². The van der Waals surface area contributed by atoms with Crippen LogP contribution in [0.2, 0.25) is 0 Å². The molecule has 0 saturated carbocycles. The van der Waals surface area contributed by atoms with E-state index in [-0.39, 0.29) is 11.4 Å². The van der Waals surface area contributed by atoms with Crippen LogP contribution in [0.5, 0.6) is 0 Å². The number of rotatable bonds is 7. The number of hydrogen-bond acceptors (Lipinski definition) is 3. The normalized spacial score (nSPS) is 18.1. The van der Waals surface area contributed by atoms with E-state index in [4.69, 9.17) is 0 Å². The lowest BCUT2D eigenvalue weighted by atomic mass is 10.0. The van der Waals surface area contributed by atoms with E-state index in [0.29, 0.717) is 11.3 Å². The van der Waals surface area contributed by atoms with Crippen molar-refractivity contribution in [3.8, 4) is 0 Å². The van der Waals surface area contributed by atoms with Crippen molar-refractivity contribution in [2.75, 3.05) is 7.05 Å². The largest absolute Gasteiger partial charge is 0.392 e. The van der Waals surface area contributed by atoms with E-state index in [1.165, 1.54) is 5.56 Å². The molecule has 3 heteroatoms. The first-order valence-electron chi connectivity index (χ1n) is 6.65. The van der Waals surface area contributed by atoms with Gasteiger partial charge in [0, 0.05) is 16.5 Å². The van der Waals surface area contributed by atoms with Gasteiger partial charge in [-0.3, -0.25) is 0 Å². The number of thioether (sulfide) groups is 1. The van der Waals surface area contributed by atoms with Gasteiger partial charge in [0.15, 0.2) is 0 Å². The summed E-state index contributed by atoms with van der Waals surface area (Å²) in [5.74, 6) is 0. The van der Waals surface area contributed by atoms with Gasteiger partial charge in [-0.1, -0.05) is 44.2 Å². The van der Waals surface area contributed by atoms with E-state index < -0.39 is 0 Å². The Morgan fingerprint density at radius 2 is 1.83 bits per heavy atom. The summed E-state index contributed by atoms with van der Waals surface area (Å²) in [6.07, 6.45) is 0.819. The molecule has 0 spiro atoms. The molecule has 0 saturated heterocycles. The highest BCUT2D eigenvalue weighted by molar-refractivity contribution is 8.00. The first-order chi connectivity index (χ1) is 8.60. The summed E-state index contributed by atoms with van der Waals surface area (Å²) in [4.78, 5) is 0. The minimum atomic E-state index is -0.266. The average Bonchev–Trinajstić information content (AvgIpc) is 2.39. The molecule has 102 valence electrons. The van der Waals surface area contributed by atoms with Gasteiger partial charge in [0.2, 0.25) is 0 Å². The van der Waals surface area contributed by atoms with Crippen LogP contribution >= 0.6 is 11.8 Å². The zero-order chi connectivity index (χ0) is 13.5. The molecule has 2 N–H and O–H groups in total. The summed E-state index contributed by atoms with van der Waals surface area (Å²) in [5.41, 5.74) is 1.32. The molecule has 4 unspecified atom stereocenters. The number of aliphatic hydroxyl groups excluding tert-OH is 1. The minimum absolute atomic E-state index is 0.259. The zero-order valence-electron chi connectivity index (χ0n) is 11.8. The number of aliphatic hydroxyl groups is 1. The fourth-order valence-corrected chi connectivity index (χ4v) is 3.45.